The van der Waals surface area contributed by atoms with Gasteiger partial charge in [0.05, 0.1) is 12.8 Å². The van der Waals surface area contributed by atoms with Crippen molar-refractivity contribution < 1.29 is 14.6 Å². The zero-order valence-corrected chi connectivity index (χ0v) is 9.29. The van der Waals surface area contributed by atoms with Gasteiger partial charge in [-0.3, -0.25) is 0 Å². The van der Waals surface area contributed by atoms with Crippen molar-refractivity contribution in [1.29, 1.82) is 0 Å². The molecule has 0 aliphatic carbocycles. The summed E-state index contributed by atoms with van der Waals surface area (Å²) >= 11 is 1.77. The summed E-state index contributed by atoms with van der Waals surface area (Å²) in [4.78, 5) is 14.3. The SMILES string of the molecule is CSCCCOc1ccc(C(=O)O)nc1. The number of ether oxygens (including phenoxy) is 1. The molecule has 82 valence electrons. The number of carbonyl (C=O) groups is 1. The molecule has 0 radical (unpaired) electrons. The number of carboxylic acids is 1. The molecule has 1 aromatic heterocycles. The molecule has 0 saturated heterocycles. The maximum absolute atomic E-state index is 10.5. The maximum Gasteiger partial charge on any atom is 0.354 e. The van der Waals surface area contributed by atoms with E-state index in [1.54, 1.807) is 17.8 Å². The Kier molecular flexibility index (Phi) is 4.97. The number of nitrogens with zero attached hydrogens (tertiary/aromatic N) is 1. The van der Waals surface area contributed by atoms with Crippen molar-refractivity contribution in [1.82, 2.24) is 4.98 Å². The summed E-state index contributed by atoms with van der Waals surface area (Å²) in [5.41, 5.74) is 0.0338. The molecule has 0 aromatic carbocycles. The van der Waals surface area contributed by atoms with Gasteiger partial charge in [-0.2, -0.15) is 11.8 Å². The van der Waals surface area contributed by atoms with Gasteiger partial charge in [-0.05, 0) is 30.6 Å². The van der Waals surface area contributed by atoms with Gasteiger partial charge in [-0.25, -0.2) is 9.78 Å². The van der Waals surface area contributed by atoms with Crippen LogP contribution >= 0.6 is 11.8 Å². The Labute approximate surface area is 92.7 Å². The normalized spacial score (nSPS) is 9.93. The molecule has 0 fully saturated rings. The average molecular weight is 227 g/mol. The summed E-state index contributed by atoms with van der Waals surface area (Å²) in [7, 11) is 0. The summed E-state index contributed by atoms with van der Waals surface area (Å²) in [6, 6.07) is 3.06. The van der Waals surface area contributed by atoms with Crippen molar-refractivity contribution in [2.75, 3.05) is 18.6 Å². The first kappa shape index (κ1) is 11.8. The van der Waals surface area contributed by atoms with E-state index in [4.69, 9.17) is 9.84 Å². The van der Waals surface area contributed by atoms with Crippen molar-refractivity contribution in [3.8, 4) is 5.75 Å². The second-order valence-electron chi connectivity index (χ2n) is 2.88. The molecule has 0 unspecified atom stereocenters. The minimum absolute atomic E-state index is 0.0338. The molecule has 4 nitrogen and oxygen atoms in total. The Morgan fingerprint density at radius 1 is 1.60 bits per heavy atom. The van der Waals surface area contributed by atoms with Crippen LogP contribution in [0.1, 0.15) is 16.9 Å². The second-order valence-corrected chi connectivity index (χ2v) is 3.86. The van der Waals surface area contributed by atoms with Gasteiger partial charge in [-0.15, -0.1) is 0 Å². The Balaban J connectivity index is 2.39. The van der Waals surface area contributed by atoms with E-state index in [-0.39, 0.29) is 5.69 Å². The van der Waals surface area contributed by atoms with Gasteiger partial charge < -0.3 is 9.84 Å². The average Bonchev–Trinajstić information content (AvgIpc) is 2.25. The molecule has 5 heteroatoms. The molecular formula is C10H13NO3S. The summed E-state index contributed by atoms with van der Waals surface area (Å²) in [5, 5.41) is 8.62. The van der Waals surface area contributed by atoms with Crippen molar-refractivity contribution in [3.05, 3.63) is 24.0 Å². The lowest BCUT2D eigenvalue weighted by Gasteiger charge is -2.04. The lowest BCUT2D eigenvalue weighted by molar-refractivity contribution is 0.0690. The summed E-state index contributed by atoms with van der Waals surface area (Å²) in [5.74, 6) is 0.644. The molecule has 0 atom stereocenters. The van der Waals surface area contributed by atoms with Gasteiger partial charge in [0.1, 0.15) is 11.4 Å². The number of hydrogen-bond donors (Lipinski definition) is 1. The van der Waals surface area contributed by atoms with Crippen LogP contribution in [0.3, 0.4) is 0 Å². The number of pyridine rings is 1. The highest BCUT2D eigenvalue weighted by Crippen LogP contribution is 2.09. The highest BCUT2D eigenvalue weighted by Gasteiger charge is 2.03. The van der Waals surface area contributed by atoms with Crippen LogP contribution < -0.4 is 4.74 Å². The fourth-order valence-corrected chi connectivity index (χ4v) is 1.39. The first-order valence-corrected chi connectivity index (χ1v) is 5.94. The van der Waals surface area contributed by atoms with E-state index in [9.17, 15) is 4.79 Å². The number of hydrogen-bond acceptors (Lipinski definition) is 4. The van der Waals surface area contributed by atoms with E-state index in [0.29, 0.717) is 12.4 Å². The second kappa shape index (κ2) is 6.29. The van der Waals surface area contributed by atoms with Crippen LogP contribution in [0.2, 0.25) is 0 Å². The molecule has 1 aromatic rings. The van der Waals surface area contributed by atoms with E-state index in [2.05, 4.69) is 4.98 Å². The highest BCUT2D eigenvalue weighted by molar-refractivity contribution is 7.98. The summed E-state index contributed by atoms with van der Waals surface area (Å²) in [6.07, 6.45) is 4.45. The van der Waals surface area contributed by atoms with Crippen molar-refractivity contribution in [2.24, 2.45) is 0 Å². The molecule has 0 amide bonds. The molecule has 0 aliphatic heterocycles. The highest BCUT2D eigenvalue weighted by atomic mass is 32.2. The Bertz CT molecular complexity index is 313. The monoisotopic (exact) mass is 227 g/mol. The van der Waals surface area contributed by atoms with E-state index in [0.717, 1.165) is 12.2 Å². The Hall–Kier alpha value is -1.23. The van der Waals surface area contributed by atoms with Gasteiger partial charge >= 0.3 is 5.97 Å². The molecular weight excluding hydrogens is 214 g/mol. The number of carboxylic acid groups (broad SMARTS) is 1. The zero-order chi connectivity index (χ0) is 11.1. The molecule has 1 rings (SSSR count). The Morgan fingerprint density at radius 2 is 2.40 bits per heavy atom. The van der Waals surface area contributed by atoms with Crippen molar-refractivity contribution in [3.63, 3.8) is 0 Å². The van der Waals surface area contributed by atoms with Crippen LogP contribution in [-0.2, 0) is 0 Å². The third-order valence-electron chi connectivity index (χ3n) is 1.72. The quantitative estimate of drug-likeness (QED) is 0.752. The molecule has 0 saturated carbocycles. The Morgan fingerprint density at radius 3 is 2.93 bits per heavy atom. The van der Waals surface area contributed by atoms with Crippen molar-refractivity contribution >= 4 is 17.7 Å². The zero-order valence-electron chi connectivity index (χ0n) is 8.47. The van der Waals surface area contributed by atoms with E-state index >= 15 is 0 Å². The van der Waals surface area contributed by atoms with Gasteiger partial charge in [0.2, 0.25) is 0 Å². The fraction of sp³-hybridized carbons (Fsp3) is 0.400. The van der Waals surface area contributed by atoms with Crippen LogP contribution in [-0.4, -0.2) is 34.7 Å². The largest absolute Gasteiger partial charge is 0.492 e. The van der Waals surface area contributed by atoms with Crippen LogP contribution in [0.25, 0.3) is 0 Å². The van der Waals surface area contributed by atoms with Crippen LogP contribution in [0, 0.1) is 0 Å². The van der Waals surface area contributed by atoms with Gasteiger partial charge in [0.15, 0.2) is 0 Å². The third kappa shape index (κ3) is 4.20. The predicted molar refractivity (Wildman–Crippen MR) is 59.7 cm³/mol. The van der Waals surface area contributed by atoms with Crippen LogP contribution in [0.4, 0.5) is 0 Å². The molecule has 1 heterocycles. The number of aromatic nitrogens is 1. The van der Waals surface area contributed by atoms with Crippen LogP contribution in [0.5, 0.6) is 5.75 Å². The van der Waals surface area contributed by atoms with Gasteiger partial charge in [-0.1, -0.05) is 0 Å². The maximum atomic E-state index is 10.5. The minimum Gasteiger partial charge on any atom is -0.492 e. The van der Waals surface area contributed by atoms with Gasteiger partial charge in [0.25, 0.3) is 0 Å². The van der Waals surface area contributed by atoms with E-state index in [1.165, 1.54) is 12.3 Å². The third-order valence-corrected chi connectivity index (χ3v) is 2.41. The lowest BCUT2D eigenvalue weighted by Crippen LogP contribution is -2.02. The first-order valence-electron chi connectivity index (χ1n) is 4.55. The van der Waals surface area contributed by atoms with E-state index < -0.39 is 5.97 Å². The lowest BCUT2D eigenvalue weighted by atomic mass is 10.3. The molecule has 0 spiro atoms. The fourth-order valence-electron chi connectivity index (χ4n) is 0.985. The smallest absolute Gasteiger partial charge is 0.354 e. The molecule has 15 heavy (non-hydrogen) atoms. The molecule has 0 bridgehead atoms. The van der Waals surface area contributed by atoms with E-state index in [1.807, 2.05) is 6.26 Å². The molecule has 1 N–H and O–H groups in total. The van der Waals surface area contributed by atoms with Gasteiger partial charge in [0, 0.05) is 0 Å². The summed E-state index contributed by atoms with van der Waals surface area (Å²) in [6.45, 7) is 0.634. The predicted octanol–water partition coefficient (Wildman–Crippen LogP) is 1.91. The number of rotatable bonds is 6. The molecule has 0 aliphatic rings. The standard InChI is InChI=1S/C10H13NO3S/c1-15-6-2-5-14-8-3-4-9(10(12)13)11-7-8/h3-4,7H,2,5-6H2,1H3,(H,12,13). The number of thioether (sulfide) groups is 1. The number of aromatic carboxylic acids is 1. The topological polar surface area (TPSA) is 59.4 Å². The van der Waals surface area contributed by atoms with Crippen LogP contribution in [0.15, 0.2) is 18.3 Å². The van der Waals surface area contributed by atoms with Crippen molar-refractivity contribution in [2.45, 2.75) is 6.42 Å². The first-order chi connectivity index (χ1) is 7.24. The summed E-state index contributed by atoms with van der Waals surface area (Å²) < 4.78 is 5.37. The minimum atomic E-state index is -1.02.